The van der Waals surface area contributed by atoms with Crippen molar-refractivity contribution in [2.45, 2.75) is 37.5 Å². The molecule has 1 saturated heterocycles. The minimum atomic E-state index is -3.46. The van der Waals surface area contributed by atoms with Crippen molar-refractivity contribution in [2.75, 3.05) is 25.0 Å². The lowest BCUT2D eigenvalue weighted by Crippen LogP contribution is -2.34. The van der Waals surface area contributed by atoms with Crippen LogP contribution in [0.3, 0.4) is 0 Å². The van der Waals surface area contributed by atoms with Gasteiger partial charge in [-0.25, -0.2) is 8.42 Å². The van der Waals surface area contributed by atoms with Crippen LogP contribution < -0.4 is 15.4 Å². The maximum atomic E-state index is 12.6. The first-order valence-electron chi connectivity index (χ1n) is 10.4. The van der Waals surface area contributed by atoms with Crippen molar-refractivity contribution in [2.24, 2.45) is 0 Å². The Morgan fingerprint density at radius 3 is 2.52 bits per heavy atom. The number of hydrogen-bond acceptors (Lipinski definition) is 5. The van der Waals surface area contributed by atoms with Gasteiger partial charge in [0.1, 0.15) is 5.75 Å². The Bertz CT molecular complexity index is 1020. The molecule has 166 valence electrons. The van der Waals surface area contributed by atoms with E-state index in [0.717, 1.165) is 25.7 Å². The molecule has 1 amide bonds. The number of amides is 1. The van der Waals surface area contributed by atoms with E-state index in [1.807, 2.05) is 0 Å². The van der Waals surface area contributed by atoms with Crippen LogP contribution in [0.1, 0.15) is 43.0 Å². The minimum Gasteiger partial charge on any atom is -0.494 e. The molecule has 2 aromatic rings. The average Bonchev–Trinajstić information content (AvgIpc) is 3.30. The molecule has 0 bridgehead atoms. The number of unbranched alkanes of at least 4 members (excludes halogenated alkanes) is 1. The Balaban J connectivity index is 1.57. The fourth-order valence-electron chi connectivity index (χ4n) is 3.19. The standard InChI is InChI=1S/C22H27N3O4S2/c1-2-3-15-29-19-8-6-7-17(16-19)21(26)24-22(30)23-18-9-11-20(12-10-18)31(27,28)25-13-4-5-14-25/h6-12,16H,2-5,13-15H2,1H3,(H2,23,24,26,30). The minimum absolute atomic E-state index is 0.123. The van der Waals surface area contributed by atoms with Gasteiger partial charge < -0.3 is 10.1 Å². The molecular weight excluding hydrogens is 434 g/mol. The fraction of sp³-hybridized carbons (Fsp3) is 0.364. The van der Waals surface area contributed by atoms with Gasteiger partial charge in [-0.3, -0.25) is 10.1 Å². The van der Waals surface area contributed by atoms with Crippen molar-refractivity contribution in [1.29, 1.82) is 0 Å². The summed E-state index contributed by atoms with van der Waals surface area (Å²) in [4.78, 5) is 12.7. The van der Waals surface area contributed by atoms with E-state index in [1.54, 1.807) is 36.4 Å². The van der Waals surface area contributed by atoms with Crippen LogP contribution in [-0.4, -0.2) is 43.4 Å². The fourth-order valence-corrected chi connectivity index (χ4v) is 4.91. The molecule has 7 nitrogen and oxygen atoms in total. The van der Waals surface area contributed by atoms with Crippen molar-refractivity contribution < 1.29 is 17.9 Å². The summed E-state index contributed by atoms with van der Waals surface area (Å²) in [5.74, 6) is 0.279. The number of hydrogen-bond donors (Lipinski definition) is 2. The van der Waals surface area contributed by atoms with Gasteiger partial charge in [0.15, 0.2) is 5.11 Å². The first kappa shape index (κ1) is 23.2. The molecule has 1 aliphatic heterocycles. The van der Waals surface area contributed by atoms with Crippen LogP contribution in [0.15, 0.2) is 53.4 Å². The zero-order valence-corrected chi connectivity index (χ0v) is 19.1. The number of thiocarbonyl (C=S) groups is 1. The van der Waals surface area contributed by atoms with Gasteiger partial charge in [-0.1, -0.05) is 19.4 Å². The summed E-state index contributed by atoms with van der Waals surface area (Å²) in [6.45, 7) is 3.80. The van der Waals surface area contributed by atoms with Gasteiger partial charge in [-0.05, 0) is 73.9 Å². The van der Waals surface area contributed by atoms with Gasteiger partial charge in [0, 0.05) is 24.3 Å². The lowest BCUT2D eigenvalue weighted by atomic mass is 10.2. The molecule has 2 aromatic carbocycles. The molecule has 2 N–H and O–H groups in total. The van der Waals surface area contributed by atoms with Crippen LogP contribution in [0.2, 0.25) is 0 Å². The summed E-state index contributed by atoms with van der Waals surface area (Å²) in [6, 6.07) is 13.3. The summed E-state index contributed by atoms with van der Waals surface area (Å²) in [5.41, 5.74) is 1.02. The van der Waals surface area contributed by atoms with E-state index in [9.17, 15) is 13.2 Å². The zero-order valence-electron chi connectivity index (χ0n) is 17.5. The topological polar surface area (TPSA) is 87.7 Å². The number of nitrogens with one attached hydrogen (secondary N) is 2. The number of ether oxygens (including phenoxy) is 1. The molecular formula is C22H27N3O4S2. The number of sulfonamides is 1. The number of rotatable bonds is 8. The third-order valence-electron chi connectivity index (χ3n) is 4.90. The second kappa shape index (κ2) is 10.7. The highest BCUT2D eigenvalue weighted by molar-refractivity contribution is 7.89. The molecule has 0 spiro atoms. The van der Waals surface area contributed by atoms with Gasteiger partial charge in [0.05, 0.1) is 11.5 Å². The Morgan fingerprint density at radius 2 is 1.84 bits per heavy atom. The molecule has 0 aliphatic carbocycles. The molecule has 3 rings (SSSR count). The first-order valence-corrected chi connectivity index (χ1v) is 12.2. The Labute approximate surface area is 188 Å². The van der Waals surface area contributed by atoms with Crippen molar-refractivity contribution in [1.82, 2.24) is 9.62 Å². The summed E-state index contributed by atoms with van der Waals surface area (Å²) in [6.07, 6.45) is 3.76. The Morgan fingerprint density at radius 1 is 1.13 bits per heavy atom. The molecule has 0 radical (unpaired) electrons. The van der Waals surface area contributed by atoms with Crippen LogP contribution in [-0.2, 0) is 10.0 Å². The number of benzene rings is 2. The highest BCUT2D eigenvalue weighted by atomic mass is 32.2. The lowest BCUT2D eigenvalue weighted by molar-refractivity contribution is 0.0977. The van der Waals surface area contributed by atoms with Gasteiger partial charge in [0.25, 0.3) is 5.91 Å². The number of nitrogens with zero attached hydrogens (tertiary/aromatic N) is 1. The second-order valence-corrected chi connectivity index (χ2v) is 9.62. The van der Waals surface area contributed by atoms with Crippen LogP contribution >= 0.6 is 12.2 Å². The van der Waals surface area contributed by atoms with Crippen LogP contribution in [0.5, 0.6) is 5.75 Å². The van der Waals surface area contributed by atoms with E-state index in [0.29, 0.717) is 36.7 Å². The van der Waals surface area contributed by atoms with Crippen molar-refractivity contribution in [3.63, 3.8) is 0 Å². The maximum absolute atomic E-state index is 12.6. The quantitative estimate of drug-likeness (QED) is 0.460. The summed E-state index contributed by atoms with van der Waals surface area (Å²) >= 11 is 5.22. The van der Waals surface area contributed by atoms with E-state index in [2.05, 4.69) is 17.6 Å². The van der Waals surface area contributed by atoms with Crippen molar-refractivity contribution in [3.05, 3.63) is 54.1 Å². The predicted molar refractivity (Wildman–Crippen MR) is 125 cm³/mol. The monoisotopic (exact) mass is 461 g/mol. The Hall–Kier alpha value is -2.49. The SMILES string of the molecule is CCCCOc1cccc(C(=O)NC(=S)Nc2ccc(S(=O)(=O)N3CCCC3)cc2)c1. The number of carbonyl (C=O) groups excluding carboxylic acids is 1. The van der Waals surface area contributed by atoms with E-state index in [4.69, 9.17) is 17.0 Å². The highest BCUT2D eigenvalue weighted by Crippen LogP contribution is 2.22. The molecule has 31 heavy (non-hydrogen) atoms. The third-order valence-corrected chi connectivity index (χ3v) is 7.02. The van der Waals surface area contributed by atoms with Gasteiger partial charge in [-0.15, -0.1) is 0 Å². The largest absolute Gasteiger partial charge is 0.494 e. The van der Waals surface area contributed by atoms with E-state index in [-0.39, 0.29) is 15.9 Å². The van der Waals surface area contributed by atoms with Crippen LogP contribution in [0.25, 0.3) is 0 Å². The lowest BCUT2D eigenvalue weighted by Gasteiger charge is -2.16. The number of anilines is 1. The molecule has 1 heterocycles. The molecule has 1 aliphatic rings. The van der Waals surface area contributed by atoms with Crippen molar-refractivity contribution in [3.8, 4) is 5.75 Å². The molecule has 0 saturated carbocycles. The van der Waals surface area contributed by atoms with E-state index in [1.165, 1.54) is 16.4 Å². The molecule has 0 atom stereocenters. The maximum Gasteiger partial charge on any atom is 0.257 e. The summed E-state index contributed by atoms with van der Waals surface area (Å²) in [7, 11) is -3.46. The van der Waals surface area contributed by atoms with E-state index < -0.39 is 10.0 Å². The zero-order chi connectivity index (χ0) is 22.3. The normalized spacial score (nSPS) is 14.2. The first-order chi connectivity index (χ1) is 14.9. The predicted octanol–water partition coefficient (Wildman–Crippen LogP) is 3.78. The average molecular weight is 462 g/mol. The van der Waals surface area contributed by atoms with E-state index >= 15 is 0 Å². The summed E-state index contributed by atoms with van der Waals surface area (Å²) < 4.78 is 32.3. The van der Waals surface area contributed by atoms with Gasteiger partial charge in [-0.2, -0.15) is 4.31 Å². The Kier molecular flexibility index (Phi) is 8.00. The number of carbonyl (C=O) groups is 1. The van der Waals surface area contributed by atoms with Crippen molar-refractivity contribution >= 4 is 38.9 Å². The molecule has 0 aromatic heterocycles. The molecule has 1 fully saturated rings. The van der Waals surface area contributed by atoms with Crippen LogP contribution in [0.4, 0.5) is 5.69 Å². The second-order valence-electron chi connectivity index (χ2n) is 7.27. The smallest absolute Gasteiger partial charge is 0.257 e. The van der Waals surface area contributed by atoms with Gasteiger partial charge in [0.2, 0.25) is 10.0 Å². The highest BCUT2D eigenvalue weighted by Gasteiger charge is 2.26. The third kappa shape index (κ3) is 6.25. The van der Waals surface area contributed by atoms with Crippen LogP contribution in [0, 0.1) is 0 Å². The molecule has 9 heteroatoms. The summed E-state index contributed by atoms with van der Waals surface area (Å²) in [5, 5.41) is 5.66. The van der Waals surface area contributed by atoms with Gasteiger partial charge >= 0.3 is 0 Å². The molecule has 0 unspecified atom stereocenters.